The minimum absolute atomic E-state index is 0.00389. The van der Waals surface area contributed by atoms with Crippen LogP contribution >= 0.6 is 0 Å². The Balaban J connectivity index is 0.000000388. The Morgan fingerprint density at radius 3 is 1.43 bits per heavy atom. The first-order valence-corrected chi connectivity index (χ1v) is 22.5. The fraction of sp³-hybridized carbons (Fsp3) is 0.744. The van der Waals surface area contributed by atoms with Crippen LogP contribution in [0.3, 0.4) is 0 Å². The number of hydrogen-bond donors (Lipinski definition) is 1. The number of ether oxygens (including phenoxy) is 2. The van der Waals surface area contributed by atoms with Crippen LogP contribution in [0.4, 0.5) is 0 Å². The van der Waals surface area contributed by atoms with Crippen molar-refractivity contribution in [3.63, 3.8) is 0 Å². The topological polar surface area (TPSA) is 218 Å². The fourth-order valence-electron chi connectivity index (χ4n) is 5.93. The highest BCUT2D eigenvalue weighted by Gasteiger charge is 2.35. The molecule has 0 atom stereocenters. The second-order valence-electron chi connectivity index (χ2n) is 16.8. The number of hydroxylamine groups is 2. The summed E-state index contributed by atoms with van der Waals surface area (Å²) in [5, 5.41) is 0.429. The number of ketones is 1. The van der Waals surface area contributed by atoms with Gasteiger partial charge in [-0.2, -0.15) is 8.73 Å². The molecule has 1 saturated heterocycles. The number of nitrogens with zero attached hydrogens (tertiary/aromatic N) is 3. The molecule has 15 nitrogen and oxygen atoms in total. The van der Waals surface area contributed by atoms with Gasteiger partial charge in [0.2, 0.25) is 0 Å². The molecule has 0 aromatic carbocycles. The highest BCUT2D eigenvalue weighted by molar-refractivity contribution is 7.94. The predicted octanol–water partition coefficient (Wildman–Crippen LogP) is 3.61. The lowest BCUT2D eigenvalue weighted by Gasteiger charge is -2.21. The molecule has 1 fully saturated rings. The van der Waals surface area contributed by atoms with Gasteiger partial charge in [0.1, 0.15) is 5.78 Å². The van der Waals surface area contributed by atoms with E-state index in [2.05, 4.69) is 32.4 Å². The van der Waals surface area contributed by atoms with Crippen LogP contribution in [-0.2, 0) is 62.5 Å². The Hall–Kier alpha value is -3.48. The number of Topliss-reactive ketones (excluding diaryl/α,β-unsaturated/α-hetero) is 1. The molecule has 0 aliphatic carbocycles. The minimum atomic E-state index is -2.85. The van der Waals surface area contributed by atoms with E-state index in [1.807, 2.05) is 55.4 Å². The normalized spacial score (nSPS) is 20.6. The van der Waals surface area contributed by atoms with Gasteiger partial charge in [0, 0.05) is 96.3 Å². The van der Waals surface area contributed by atoms with E-state index in [-0.39, 0.29) is 67.3 Å². The second kappa shape index (κ2) is 20.8. The first-order valence-electron chi connectivity index (χ1n) is 18.8. The van der Waals surface area contributed by atoms with Crippen LogP contribution in [0.2, 0.25) is 0 Å². The molecule has 4 amide bonds. The molecule has 3 aliphatic rings. The summed E-state index contributed by atoms with van der Waals surface area (Å²) in [7, 11) is -5.57. The van der Waals surface area contributed by atoms with Crippen molar-refractivity contribution in [1.82, 2.24) is 5.06 Å². The average molecular weight is 825 g/mol. The Bertz CT molecular complexity index is 1810. The van der Waals surface area contributed by atoms with Crippen LogP contribution in [-0.4, -0.2) is 105 Å². The molecule has 0 spiro atoms. The van der Waals surface area contributed by atoms with E-state index < -0.39 is 70.7 Å². The number of amides is 4. The maximum atomic E-state index is 13.3. The first kappa shape index (κ1) is 48.7. The van der Waals surface area contributed by atoms with Crippen molar-refractivity contribution in [2.75, 3.05) is 56.0 Å². The van der Waals surface area contributed by atoms with Gasteiger partial charge in [-0.25, -0.2) is 13.2 Å². The number of nitrogens with two attached hydrogens (primary N) is 1. The van der Waals surface area contributed by atoms with E-state index in [1.165, 1.54) is 0 Å². The number of rotatable bonds is 16. The average Bonchev–Trinajstić information content (AvgIpc) is 3.27. The van der Waals surface area contributed by atoms with Gasteiger partial charge in [-0.05, 0) is 61.8 Å². The lowest BCUT2D eigenvalue weighted by atomic mass is 9.92. The molecule has 56 heavy (non-hydrogen) atoms. The maximum absolute atomic E-state index is 13.3. The molecule has 0 bridgehead atoms. The molecule has 0 saturated carbocycles. The summed E-state index contributed by atoms with van der Waals surface area (Å²) >= 11 is 0. The van der Waals surface area contributed by atoms with Gasteiger partial charge in [-0.3, -0.25) is 24.0 Å². The minimum Gasteiger partial charge on any atom is -0.379 e. The number of hydrogen-bond acceptors (Lipinski definition) is 12. The third kappa shape index (κ3) is 18.6. The highest BCUT2D eigenvalue weighted by atomic mass is 32.2. The second-order valence-corrected chi connectivity index (χ2v) is 21.4. The number of carbonyl (C=O) groups excluding carboxylic acids is 6. The zero-order chi connectivity index (χ0) is 42.4. The summed E-state index contributed by atoms with van der Waals surface area (Å²) in [6.45, 7) is 17.5. The molecule has 3 rings (SSSR count). The highest BCUT2D eigenvalue weighted by Crippen LogP contribution is 2.30. The van der Waals surface area contributed by atoms with E-state index in [1.54, 1.807) is 0 Å². The lowest BCUT2D eigenvalue weighted by Crippen LogP contribution is -2.32. The van der Waals surface area contributed by atoms with Gasteiger partial charge in [-0.15, -0.1) is 5.06 Å². The zero-order valence-corrected chi connectivity index (χ0v) is 35.9. The molecule has 3 heterocycles. The van der Waals surface area contributed by atoms with E-state index in [0.717, 1.165) is 0 Å². The monoisotopic (exact) mass is 824 g/mol. The van der Waals surface area contributed by atoms with Gasteiger partial charge < -0.3 is 20.0 Å². The van der Waals surface area contributed by atoms with Crippen molar-refractivity contribution < 1.29 is 51.5 Å². The van der Waals surface area contributed by atoms with E-state index in [4.69, 9.17) is 20.0 Å². The molecule has 3 aliphatic heterocycles. The summed E-state index contributed by atoms with van der Waals surface area (Å²) in [5.41, 5.74) is 3.32. The van der Waals surface area contributed by atoms with Crippen molar-refractivity contribution >= 4 is 54.8 Å². The molecule has 2 N–H and O–H groups in total. The SMILES string of the molecule is CC1(C)C#CC(C)(C)CS(=O)(=NC(=O)CCC(=O)CCCOCCOCCN)C1.CC1(C)C#CC(C)(C)CS(=O)(=NC(=O)CCC(=O)ON2C(=O)CCC2=O)C1. The molecule has 0 aromatic heterocycles. The Morgan fingerprint density at radius 1 is 0.625 bits per heavy atom. The van der Waals surface area contributed by atoms with Crippen molar-refractivity contribution in [3.8, 4) is 23.7 Å². The van der Waals surface area contributed by atoms with Crippen LogP contribution in [0.15, 0.2) is 8.73 Å². The summed E-state index contributed by atoms with van der Waals surface area (Å²) in [6, 6.07) is 0. The third-order valence-corrected chi connectivity index (χ3v) is 13.9. The van der Waals surface area contributed by atoms with Crippen LogP contribution in [0.1, 0.15) is 107 Å². The van der Waals surface area contributed by atoms with E-state index in [0.29, 0.717) is 50.9 Å². The van der Waals surface area contributed by atoms with Crippen molar-refractivity contribution in [2.45, 2.75) is 107 Å². The van der Waals surface area contributed by atoms with Crippen LogP contribution < -0.4 is 5.73 Å². The Labute approximate surface area is 333 Å². The van der Waals surface area contributed by atoms with E-state index in [9.17, 15) is 37.2 Å². The molecular formula is C39H60N4O11S2. The zero-order valence-electron chi connectivity index (χ0n) is 34.2. The van der Waals surface area contributed by atoms with Crippen molar-refractivity contribution in [2.24, 2.45) is 36.1 Å². The first-order chi connectivity index (χ1) is 25.8. The van der Waals surface area contributed by atoms with Gasteiger partial charge in [0.05, 0.1) is 45.7 Å². The van der Waals surface area contributed by atoms with Crippen LogP contribution in [0.25, 0.3) is 0 Å². The third-order valence-electron chi connectivity index (χ3n) is 8.10. The lowest BCUT2D eigenvalue weighted by molar-refractivity contribution is -0.197. The number of carbonyl (C=O) groups is 6. The Kier molecular flexibility index (Phi) is 18.1. The molecule has 17 heteroatoms. The Morgan fingerprint density at radius 2 is 1.02 bits per heavy atom. The molecule has 0 radical (unpaired) electrons. The van der Waals surface area contributed by atoms with E-state index >= 15 is 0 Å². The predicted molar refractivity (Wildman–Crippen MR) is 212 cm³/mol. The van der Waals surface area contributed by atoms with Crippen molar-refractivity contribution in [1.29, 1.82) is 0 Å². The van der Waals surface area contributed by atoms with Crippen LogP contribution in [0.5, 0.6) is 0 Å². The molecular weight excluding hydrogens is 765 g/mol. The number of imide groups is 1. The van der Waals surface area contributed by atoms with Gasteiger partial charge in [0.15, 0.2) is 0 Å². The fourth-order valence-corrected chi connectivity index (χ4v) is 12.1. The molecule has 314 valence electrons. The molecule has 0 aromatic rings. The van der Waals surface area contributed by atoms with Gasteiger partial charge in [-0.1, -0.05) is 23.7 Å². The smallest absolute Gasteiger partial charge is 0.333 e. The summed E-state index contributed by atoms with van der Waals surface area (Å²) in [6.07, 6.45) is 0.363. The summed E-state index contributed by atoms with van der Waals surface area (Å²) in [5.74, 6) is 10.2. The van der Waals surface area contributed by atoms with Gasteiger partial charge >= 0.3 is 5.97 Å². The summed E-state index contributed by atoms with van der Waals surface area (Å²) in [4.78, 5) is 75.7. The quantitative estimate of drug-likeness (QED) is 0.134. The van der Waals surface area contributed by atoms with Crippen LogP contribution in [0, 0.1) is 45.3 Å². The van der Waals surface area contributed by atoms with Crippen molar-refractivity contribution in [3.05, 3.63) is 0 Å². The standard InChI is InChI=1S/C21H36N2O5S.C18H24N2O6S/c1-20(2)9-10-21(3,4)17-29(26,16-20)23-19(25)8-7-18(24)6-5-12-27-14-15-28-13-11-22;1-17(2)9-10-18(3,4)12-27(25,11-17)19-13(21)5-8-16(24)26-20-14(22)6-7-15(20)23/h5-8,11-17,22H2,1-4H3;5-8,11-12H2,1-4H3. The molecule has 0 unspecified atom stereocenters. The maximum Gasteiger partial charge on any atom is 0.333 e. The van der Waals surface area contributed by atoms with Gasteiger partial charge in [0.25, 0.3) is 23.6 Å². The summed E-state index contributed by atoms with van der Waals surface area (Å²) < 4.78 is 45.0. The largest absolute Gasteiger partial charge is 0.379 e.